The first-order valence-corrected chi connectivity index (χ1v) is 9.31. The SMILES string of the molecule is Cc1n[nH]c(C)c1CC(=O)NC[C@@H](c1ccc(F)cc1)N1CCCCC1. The molecule has 140 valence electrons. The summed E-state index contributed by atoms with van der Waals surface area (Å²) in [6.45, 7) is 6.38. The van der Waals surface area contributed by atoms with Crippen molar-refractivity contribution in [1.29, 1.82) is 0 Å². The Morgan fingerprint density at radius 1 is 1.23 bits per heavy atom. The number of rotatable bonds is 6. The standard InChI is InChI=1S/C20H27FN4O/c1-14-18(15(2)24-23-14)12-20(26)22-13-19(25-10-4-3-5-11-25)16-6-8-17(21)9-7-16/h6-9,19H,3-5,10-13H2,1-2H3,(H,22,26)(H,23,24)/t19-/m0/s1. The van der Waals surface area contributed by atoms with Crippen LogP contribution in [0.3, 0.4) is 0 Å². The molecule has 6 heteroatoms. The van der Waals surface area contributed by atoms with Gasteiger partial charge in [-0.1, -0.05) is 18.6 Å². The first-order valence-electron chi connectivity index (χ1n) is 9.31. The fourth-order valence-electron chi connectivity index (χ4n) is 3.64. The van der Waals surface area contributed by atoms with Gasteiger partial charge < -0.3 is 5.32 Å². The van der Waals surface area contributed by atoms with Crippen molar-refractivity contribution in [3.63, 3.8) is 0 Å². The topological polar surface area (TPSA) is 61.0 Å². The van der Waals surface area contributed by atoms with Crippen LogP contribution in [0.1, 0.15) is 47.8 Å². The van der Waals surface area contributed by atoms with E-state index in [1.165, 1.54) is 31.4 Å². The molecule has 0 bridgehead atoms. The third-order valence-electron chi connectivity index (χ3n) is 5.20. The maximum absolute atomic E-state index is 13.3. The van der Waals surface area contributed by atoms with Crippen molar-refractivity contribution in [2.45, 2.75) is 45.6 Å². The lowest BCUT2D eigenvalue weighted by Gasteiger charge is -2.35. The van der Waals surface area contributed by atoms with Crippen LogP contribution in [-0.2, 0) is 11.2 Å². The molecule has 2 aromatic rings. The van der Waals surface area contributed by atoms with Crippen LogP contribution in [0.5, 0.6) is 0 Å². The molecule has 0 spiro atoms. The minimum absolute atomic E-state index is 0.0123. The van der Waals surface area contributed by atoms with Gasteiger partial charge in [0.25, 0.3) is 0 Å². The minimum atomic E-state index is -0.235. The number of nitrogens with zero attached hydrogens (tertiary/aromatic N) is 2. The number of amides is 1. The number of nitrogens with one attached hydrogen (secondary N) is 2. The van der Waals surface area contributed by atoms with Gasteiger partial charge in [-0.15, -0.1) is 0 Å². The molecule has 0 unspecified atom stereocenters. The second-order valence-electron chi connectivity index (χ2n) is 7.06. The van der Waals surface area contributed by atoms with Crippen LogP contribution in [0.15, 0.2) is 24.3 Å². The van der Waals surface area contributed by atoms with E-state index < -0.39 is 0 Å². The second kappa shape index (κ2) is 8.45. The lowest BCUT2D eigenvalue weighted by atomic mass is 10.0. The van der Waals surface area contributed by atoms with Crippen molar-refractivity contribution in [1.82, 2.24) is 20.4 Å². The number of piperidine rings is 1. The van der Waals surface area contributed by atoms with Crippen molar-refractivity contribution < 1.29 is 9.18 Å². The lowest BCUT2D eigenvalue weighted by molar-refractivity contribution is -0.120. The van der Waals surface area contributed by atoms with Gasteiger partial charge in [0.2, 0.25) is 5.91 Å². The monoisotopic (exact) mass is 358 g/mol. The predicted molar refractivity (Wildman–Crippen MR) is 99.3 cm³/mol. The number of aryl methyl sites for hydroxylation is 2. The van der Waals surface area contributed by atoms with Crippen molar-refractivity contribution >= 4 is 5.91 Å². The minimum Gasteiger partial charge on any atom is -0.354 e. The van der Waals surface area contributed by atoms with Crippen molar-refractivity contribution in [3.05, 3.63) is 52.6 Å². The van der Waals surface area contributed by atoms with Crippen molar-refractivity contribution in [2.75, 3.05) is 19.6 Å². The molecule has 3 rings (SSSR count). The summed E-state index contributed by atoms with van der Waals surface area (Å²) in [4.78, 5) is 14.9. The Morgan fingerprint density at radius 3 is 2.54 bits per heavy atom. The molecule has 1 aromatic heterocycles. The first kappa shape index (κ1) is 18.6. The van der Waals surface area contributed by atoms with Gasteiger partial charge >= 0.3 is 0 Å². The summed E-state index contributed by atoms with van der Waals surface area (Å²) in [7, 11) is 0. The second-order valence-corrected chi connectivity index (χ2v) is 7.06. The van der Waals surface area contributed by atoms with Crippen LogP contribution < -0.4 is 5.32 Å². The molecule has 1 amide bonds. The van der Waals surface area contributed by atoms with Gasteiger partial charge in [0.15, 0.2) is 0 Å². The molecule has 26 heavy (non-hydrogen) atoms. The van der Waals surface area contributed by atoms with Crippen LogP contribution in [0.4, 0.5) is 4.39 Å². The number of benzene rings is 1. The van der Waals surface area contributed by atoms with Crippen LogP contribution in [-0.4, -0.2) is 40.6 Å². The first-order chi connectivity index (χ1) is 12.5. The molecule has 1 aliphatic rings. The summed E-state index contributed by atoms with van der Waals surface area (Å²) < 4.78 is 13.3. The zero-order chi connectivity index (χ0) is 18.5. The van der Waals surface area contributed by atoms with Crippen LogP contribution in [0.25, 0.3) is 0 Å². The molecule has 5 nitrogen and oxygen atoms in total. The fourth-order valence-corrected chi connectivity index (χ4v) is 3.64. The lowest BCUT2D eigenvalue weighted by Crippen LogP contribution is -2.41. The summed E-state index contributed by atoms with van der Waals surface area (Å²) in [6, 6.07) is 6.71. The largest absolute Gasteiger partial charge is 0.354 e. The molecule has 0 radical (unpaired) electrons. The molecular weight excluding hydrogens is 331 g/mol. The van der Waals surface area contributed by atoms with E-state index >= 15 is 0 Å². The van der Waals surface area contributed by atoms with Gasteiger partial charge in [-0.25, -0.2) is 4.39 Å². The summed E-state index contributed by atoms with van der Waals surface area (Å²) in [6.07, 6.45) is 3.90. The van der Waals surface area contributed by atoms with Gasteiger partial charge in [0.05, 0.1) is 18.2 Å². The van der Waals surface area contributed by atoms with Gasteiger partial charge in [0, 0.05) is 17.8 Å². The Hall–Kier alpha value is -2.21. The number of H-pyrrole nitrogens is 1. The maximum Gasteiger partial charge on any atom is 0.224 e. The highest BCUT2D eigenvalue weighted by Gasteiger charge is 2.23. The Bertz CT molecular complexity index is 715. The molecular formula is C20H27FN4O. The Labute approximate surface area is 154 Å². The average Bonchev–Trinajstić information content (AvgIpc) is 2.96. The van der Waals surface area contributed by atoms with Gasteiger partial charge in [-0.2, -0.15) is 5.10 Å². The summed E-state index contributed by atoms with van der Waals surface area (Å²) in [5.41, 5.74) is 3.80. The van der Waals surface area contributed by atoms with Crippen LogP contribution >= 0.6 is 0 Å². The van der Waals surface area contributed by atoms with E-state index in [0.29, 0.717) is 13.0 Å². The molecule has 0 aliphatic carbocycles. The third-order valence-corrected chi connectivity index (χ3v) is 5.20. The molecule has 1 aliphatic heterocycles. The smallest absolute Gasteiger partial charge is 0.224 e. The maximum atomic E-state index is 13.3. The number of likely N-dealkylation sites (tertiary alicyclic amines) is 1. The Morgan fingerprint density at radius 2 is 1.92 bits per heavy atom. The number of aromatic nitrogens is 2. The highest BCUT2D eigenvalue weighted by atomic mass is 19.1. The molecule has 2 N–H and O–H groups in total. The van der Waals surface area contributed by atoms with E-state index in [4.69, 9.17) is 0 Å². The molecule has 1 fully saturated rings. The molecule has 0 saturated carbocycles. The van der Waals surface area contributed by atoms with Crippen LogP contribution in [0, 0.1) is 19.7 Å². The molecule has 2 heterocycles. The highest BCUT2D eigenvalue weighted by molar-refractivity contribution is 5.79. The number of carbonyl (C=O) groups is 1. The van der Waals surface area contributed by atoms with Crippen molar-refractivity contribution in [2.24, 2.45) is 0 Å². The zero-order valence-electron chi connectivity index (χ0n) is 15.5. The van der Waals surface area contributed by atoms with E-state index in [2.05, 4.69) is 20.4 Å². The molecule has 1 aromatic carbocycles. The summed E-state index contributed by atoms with van der Waals surface area (Å²) >= 11 is 0. The number of carbonyl (C=O) groups excluding carboxylic acids is 1. The number of aromatic amines is 1. The normalized spacial score (nSPS) is 16.4. The predicted octanol–water partition coefficient (Wildman–Crippen LogP) is 3.05. The quantitative estimate of drug-likeness (QED) is 0.834. The molecule has 1 saturated heterocycles. The van der Waals surface area contributed by atoms with Crippen molar-refractivity contribution in [3.8, 4) is 0 Å². The fraction of sp³-hybridized carbons (Fsp3) is 0.500. The molecule has 1 atom stereocenters. The van der Waals surface area contributed by atoms with E-state index in [-0.39, 0.29) is 17.8 Å². The van der Waals surface area contributed by atoms with Gasteiger partial charge in [-0.05, 0) is 57.5 Å². The van der Waals surface area contributed by atoms with Crippen LogP contribution in [0.2, 0.25) is 0 Å². The Kier molecular flexibility index (Phi) is 6.04. The summed E-state index contributed by atoms with van der Waals surface area (Å²) in [5, 5.41) is 10.1. The zero-order valence-corrected chi connectivity index (χ0v) is 15.5. The highest BCUT2D eigenvalue weighted by Crippen LogP contribution is 2.24. The van der Waals surface area contributed by atoms with E-state index in [1.54, 1.807) is 0 Å². The average molecular weight is 358 g/mol. The number of hydrogen-bond donors (Lipinski definition) is 2. The van der Waals surface area contributed by atoms with E-state index in [0.717, 1.165) is 35.6 Å². The Balaban J connectivity index is 1.67. The van der Waals surface area contributed by atoms with Gasteiger partial charge in [-0.3, -0.25) is 14.8 Å². The van der Waals surface area contributed by atoms with E-state index in [9.17, 15) is 9.18 Å². The van der Waals surface area contributed by atoms with E-state index in [1.807, 2.05) is 26.0 Å². The van der Waals surface area contributed by atoms with Gasteiger partial charge in [0.1, 0.15) is 5.82 Å². The third kappa shape index (κ3) is 4.49. The summed E-state index contributed by atoms with van der Waals surface area (Å²) in [5.74, 6) is -0.247. The number of hydrogen-bond acceptors (Lipinski definition) is 3. The number of halogens is 1.